The maximum atomic E-state index is 5.89. The van der Waals surface area contributed by atoms with Gasteiger partial charge in [0.25, 0.3) is 0 Å². The first-order valence-corrected chi connectivity index (χ1v) is 8.36. The van der Waals surface area contributed by atoms with Gasteiger partial charge in [0.1, 0.15) is 18.2 Å². The first-order chi connectivity index (χ1) is 11.0. The fourth-order valence-electron chi connectivity index (χ4n) is 2.69. The number of aryl methyl sites for hydroxylation is 2. The van der Waals surface area contributed by atoms with Crippen LogP contribution in [0.15, 0.2) is 42.5 Å². The van der Waals surface area contributed by atoms with E-state index in [1.807, 2.05) is 19.2 Å². The molecule has 0 saturated heterocycles. The van der Waals surface area contributed by atoms with Crippen molar-refractivity contribution in [2.45, 2.75) is 32.1 Å². The normalized spacial score (nSPS) is 12.0. The van der Waals surface area contributed by atoms with E-state index < -0.39 is 0 Å². The van der Waals surface area contributed by atoms with Gasteiger partial charge in [0.15, 0.2) is 0 Å². The van der Waals surface area contributed by atoms with Crippen molar-refractivity contribution >= 4 is 36.1 Å². The summed E-state index contributed by atoms with van der Waals surface area (Å²) in [7, 11) is 2.03. The second-order valence-electron chi connectivity index (χ2n) is 6.06. The number of benzene rings is 2. The minimum absolute atomic E-state index is 0. The van der Waals surface area contributed by atoms with Gasteiger partial charge < -0.3 is 9.30 Å². The zero-order valence-electron chi connectivity index (χ0n) is 14.2. The fourth-order valence-corrected chi connectivity index (χ4v) is 2.90. The molecule has 0 bridgehead atoms. The Morgan fingerprint density at radius 3 is 2.54 bits per heavy atom. The number of hydrogen-bond donors (Lipinski definition) is 1. The third-order valence-corrected chi connectivity index (χ3v) is 4.13. The Morgan fingerprint density at radius 1 is 1.17 bits per heavy atom. The number of ether oxygens (including phenoxy) is 1. The average Bonchev–Trinajstić information content (AvgIpc) is 2.82. The maximum Gasteiger partial charge on any atom is 0.147 e. The van der Waals surface area contributed by atoms with Gasteiger partial charge in [-0.2, -0.15) is 12.6 Å². The van der Waals surface area contributed by atoms with Crippen molar-refractivity contribution in [3.63, 3.8) is 0 Å². The molecule has 1 unspecified atom stereocenters. The highest BCUT2D eigenvalue weighted by Gasteiger charge is 2.08. The largest absolute Gasteiger partial charge is 0.486 e. The van der Waals surface area contributed by atoms with E-state index in [1.165, 1.54) is 11.1 Å². The third-order valence-electron chi connectivity index (χ3n) is 3.95. The highest BCUT2D eigenvalue weighted by Crippen LogP contribution is 2.19. The molecule has 0 aliphatic carbocycles. The second-order valence-corrected chi connectivity index (χ2v) is 6.95. The van der Waals surface area contributed by atoms with Crippen LogP contribution in [0.2, 0.25) is 0 Å². The van der Waals surface area contributed by atoms with E-state index in [0.29, 0.717) is 11.9 Å². The Labute approximate surface area is 154 Å². The topological polar surface area (TPSA) is 27.1 Å². The fraction of sp³-hybridized carbons (Fsp3) is 0.316. The van der Waals surface area contributed by atoms with Gasteiger partial charge in [-0.3, -0.25) is 0 Å². The summed E-state index contributed by atoms with van der Waals surface area (Å²) in [6.45, 7) is 4.66. The molecule has 1 aromatic heterocycles. The van der Waals surface area contributed by atoms with Gasteiger partial charge in [0, 0.05) is 12.3 Å². The van der Waals surface area contributed by atoms with E-state index >= 15 is 0 Å². The van der Waals surface area contributed by atoms with Crippen LogP contribution in [0.25, 0.3) is 11.0 Å². The van der Waals surface area contributed by atoms with E-state index in [1.54, 1.807) is 0 Å². The van der Waals surface area contributed by atoms with Gasteiger partial charge >= 0.3 is 0 Å². The number of rotatable bonds is 5. The van der Waals surface area contributed by atoms with Gasteiger partial charge in [0.2, 0.25) is 0 Å². The number of imidazole rings is 1. The summed E-state index contributed by atoms with van der Waals surface area (Å²) < 4.78 is 7.99. The highest BCUT2D eigenvalue weighted by atomic mass is 35.5. The van der Waals surface area contributed by atoms with Crippen molar-refractivity contribution in [2.75, 3.05) is 0 Å². The Hall–Kier alpha value is -1.65. The second kappa shape index (κ2) is 7.95. The molecule has 128 valence electrons. The molecule has 1 heterocycles. The van der Waals surface area contributed by atoms with Crippen LogP contribution in [0.3, 0.4) is 0 Å². The number of hydrogen-bond acceptors (Lipinski definition) is 3. The summed E-state index contributed by atoms with van der Waals surface area (Å²) in [5.74, 6) is 1.79. The number of fused-ring (bicyclic) bond motifs is 1. The van der Waals surface area contributed by atoms with E-state index in [2.05, 4.69) is 66.4 Å². The lowest BCUT2D eigenvalue weighted by Gasteiger charge is -2.08. The molecule has 0 spiro atoms. The van der Waals surface area contributed by atoms with Crippen LogP contribution in [0.1, 0.15) is 23.9 Å². The molecule has 5 heteroatoms. The van der Waals surface area contributed by atoms with Crippen LogP contribution in [0, 0.1) is 6.92 Å². The lowest BCUT2D eigenvalue weighted by molar-refractivity contribution is 0.292. The minimum Gasteiger partial charge on any atom is -0.486 e. The van der Waals surface area contributed by atoms with Crippen LogP contribution in [0.5, 0.6) is 5.75 Å². The van der Waals surface area contributed by atoms with Crippen molar-refractivity contribution in [2.24, 2.45) is 7.05 Å². The van der Waals surface area contributed by atoms with Crippen LogP contribution >= 0.6 is 25.0 Å². The quantitative estimate of drug-likeness (QED) is 0.663. The third kappa shape index (κ3) is 4.25. The molecule has 0 saturated carbocycles. The van der Waals surface area contributed by atoms with Crippen LogP contribution < -0.4 is 4.74 Å². The summed E-state index contributed by atoms with van der Waals surface area (Å²) >= 11 is 4.42. The van der Waals surface area contributed by atoms with E-state index in [4.69, 9.17) is 4.74 Å². The van der Waals surface area contributed by atoms with Gasteiger partial charge in [-0.25, -0.2) is 4.98 Å². The summed E-state index contributed by atoms with van der Waals surface area (Å²) in [5.41, 5.74) is 4.66. The minimum atomic E-state index is 0. The van der Waals surface area contributed by atoms with Gasteiger partial charge in [-0.05, 0) is 48.7 Å². The maximum absolute atomic E-state index is 5.89. The first-order valence-electron chi connectivity index (χ1n) is 7.84. The molecular weight excluding hydrogens is 340 g/mol. The molecule has 1 atom stereocenters. The van der Waals surface area contributed by atoms with Gasteiger partial charge in [-0.15, -0.1) is 12.4 Å². The monoisotopic (exact) mass is 362 g/mol. The van der Waals surface area contributed by atoms with E-state index in [9.17, 15) is 0 Å². The van der Waals surface area contributed by atoms with Crippen molar-refractivity contribution in [3.8, 4) is 5.75 Å². The number of aromatic nitrogens is 2. The number of thiol groups is 1. The molecule has 0 aliphatic rings. The summed E-state index contributed by atoms with van der Waals surface area (Å²) in [6, 6.07) is 14.5. The summed E-state index contributed by atoms with van der Waals surface area (Å²) in [6.07, 6.45) is 0.966. The van der Waals surface area contributed by atoms with Crippen LogP contribution in [0.4, 0.5) is 0 Å². The van der Waals surface area contributed by atoms with Crippen LogP contribution in [-0.4, -0.2) is 14.8 Å². The molecule has 0 fully saturated rings. The molecule has 3 nitrogen and oxygen atoms in total. The molecule has 0 aliphatic heterocycles. The van der Waals surface area contributed by atoms with E-state index in [0.717, 1.165) is 29.0 Å². The standard InChI is InChI=1S/C19H22N2OS.ClH/c1-13-4-9-17-18(10-13)21(3)19(20-17)12-22-16-7-5-15(6-8-16)11-14(2)23;/h4-10,14,23H,11-12H2,1-3H3;1H. The Morgan fingerprint density at radius 2 is 1.88 bits per heavy atom. The highest BCUT2D eigenvalue weighted by molar-refractivity contribution is 7.80. The lowest BCUT2D eigenvalue weighted by Crippen LogP contribution is -2.03. The van der Waals surface area contributed by atoms with Crippen molar-refractivity contribution in [3.05, 3.63) is 59.4 Å². The average molecular weight is 363 g/mol. The number of halogens is 1. The molecular formula is C19H23ClN2OS. The van der Waals surface area contributed by atoms with Gasteiger partial charge in [-0.1, -0.05) is 25.1 Å². The zero-order chi connectivity index (χ0) is 16.4. The van der Waals surface area contributed by atoms with Crippen molar-refractivity contribution < 1.29 is 4.74 Å². The lowest BCUT2D eigenvalue weighted by atomic mass is 10.1. The smallest absolute Gasteiger partial charge is 0.147 e. The van der Waals surface area contributed by atoms with Gasteiger partial charge in [0.05, 0.1) is 11.0 Å². The predicted molar refractivity (Wildman–Crippen MR) is 106 cm³/mol. The number of nitrogens with zero attached hydrogens (tertiary/aromatic N) is 2. The molecule has 3 rings (SSSR count). The first kappa shape index (κ1) is 18.7. The Kier molecular flexibility index (Phi) is 6.19. The molecule has 0 amide bonds. The Bertz CT molecular complexity index is 812. The molecule has 2 aromatic carbocycles. The molecule has 3 aromatic rings. The van der Waals surface area contributed by atoms with Crippen molar-refractivity contribution in [1.29, 1.82) is 0 Å². The molecule has 0 N–H and O–H groups in total. The van der Waals surface area contributed by atoms with Crippen molar-refractivity contribution in [1.82, 2.24) is 9.55 Å². The molecule has 24 heavy (non-hydrogen) atoms. The Balaban J connectivity index is 0.00000208. The van der Waals surface area contributed by atoms with E-state index in [-0.39, 0.29) is 12.4 Å². The predicted octanol–water partition coefficient (Wildman–Crippen LogP) is 4.74. The zero-order valence-corrected chi connectivity index (χ0v) is 15.9. The summed E-state index contributed by atoms with van der Waals surface area (Å²) in [4.78, 5) is 4.65. The van der Waals surface area contributed by atoms with Crippen LogP contribution in [-0.2, 0) is 20.1 Å². The summed E-state index contributed by atoms with van der Waals surface area (Å²) in [5, 5.41) is 0.366. The molecule has 0 radical (unpaired) electrons. The SMILES string of the molecule is Cc1ccc2nc(COc3ccc(CC(C)S)cc3)n(C)c2c1.Cl.